The van der Waals surface area contributed by atoms with Crippen molar-refractivity contribution in [3.8, 4) is 23.0 Å². The van der Waals surface area contributed by atoms with E-state index in [1.54, 1.807) is 68.0 Å². The number of hydrogen-bond donors (Lipinski definition) is 4. The van der Waals surface area contributed by atoms with Crippen molar-refractivity contribution >= 4 is 66.8 Å². The van der Waals surface area contributed by atoms with Gasteiger partial charge in [-0.25, -0.2) is 19.4 Å². The van der Waals surface area contributed by atoms with Gasteiger partial charge in [0.2, 0.25) is 11.8 Å². The van der Waals surface area contributed by atoms with Gasteiger partial charge < -0.3 is 68.9 Å². The molecule has 22 nitrogen and oxygen atoms in total. The zero-order valence-corrected chi connectivity index (χ0v) is 53.0. The van der Waals surface area contributed by atoms with E-state index >= 15 is 0 Å². The molecule has 3 aromatic rings. The number of rotatable bonds is 20. The summed E-state index contributed by atoms with van der Waals surface area (Å²) in [6.45, 7) is 26.2. The average Bonchev–Trinajstić information content (AvgIpc) is 1.60. The lowest BCUT2D eigenvalue weighted by atomic mass is 10.0. The minimum absolute atomic E-state index is 0.0746. The molecule has 7 atom stereocenters. The summed E-state index contributed by atoms with van der Waals surface area (Å²) < 4.78 is 50.1. The minimum Gasteiger partial charge on any atom is -0.493 e. The molecule has 2 saturated heterocycles. The number of carbonyl (C=O) groups is 6. The first-order valence-corrected chi connectivity index (χ1v) is 32.6. The maximum absolute atomic E-state index is 14.9. The van der Waals surface area contributed by atoms with Crippen LogP contribution in [0.2, 0.25) is 18.1 Å². The standard InChI is InChI=1S/C63H87N7O15Si/c1-36(2)53(64)55(72)65-38(4)54(71)66-41-23-21-39(22-24-41)40-29-47-59(85-86(13,14)63(8,9)10)69(60(75)76)44-32-50(48(78-11)30-42(44)57(74)68(47)35-40)80-25-17-15-18-26-81-51-33-45-43(31-49(51)79-12)56(73)67-34-37(3)28-46(67)58(83-52-20-16-19-27-82-52)70(45)61(77)84-62(5,6)7/h21-24,30-33,35-36,38,46-47,52-53,58-59H,3,15-20,25-29,34,64H2,1-2,4-14H3,(H,65,72)(H,66,71)(H,75,76)/t38?,46-,47-,52?,53?,58-,59-/m0/s1. The highest BCUT2D eigenvalue weighted by molar-refractivity contribution is 6.74. The first-order chi connectivity index (χ1) is 40.5. The van der Waals surface area contributed by atoms with Crippen molar-refractivity contribution in [2.75, 3.05) is 55.7 Å². The molecule has 0 aromatic heterocycles. The molecule has 0 radical (unpaired) electrons. The molecule has 0 saturated carbocycles. The van der Waals surface area contributed by atoms with Crippen molar-refractivity contribution in [1.29, 1.82) is 0 Å². The lowest BCUT2D eigenvalue weighted by molar-refractivity contribution is -0.195. The molecule has 2 fully saturated rings. The zero-order chi connectivity index (χ0) is 62.7. The van der Waals surface area contributed by atoms with Crippen LogP contribution in [0.3, 0.4) is 0 Å². The minimum atomic E-state index is -2.76. The molecule has 6 amide bonds. The quantitative estimate of drug-likeness (QED) is 0.0466. The molecule has 8 rings (SSSR count). The molecule has 5 heterocycles. The molecule has 5 aliphatic heterocycles. The summed E-state index contributed by atoms with van der Waals surface area (Å²) in [5.41, 5.74) is 8.53. The lowest BCUT2D eigenvalue weighted by Gasteiger charge is -2.44. The number of nitrogens with zero attached hydrogens (tertiary/aromatic N) is 4. The Hall–Kier alpha value is -7.18. The summed E-state index contributed by atoms with van der Waals surface area (Å²) >= 11 is 0. The van der Waals surface area contributed by atoms with E-state index in [-0.39, 0.29) is 77.0 Å². The monoisotopic (exact) mass is 1210 g/mol. The number of nitrogens with one attached hydrogen (secondary N) is 2. The smallest absolute Gasteiger partial charge is 0.417 e. The number of amides is 6. The number of carbonyl (C=O) groups excluding carboxylic acids is 5. The molecule has 0 aliphatic carbocycles. The topological polar surface area (TPSA) is 260 Å². The van der Waals surface area contributed by atoms with Crippen molar-refractivity contribution < 1.29 is 71.5 Å². The molecule has 5 aliphatic rings. The molecular formula is C63H87N7O15Si. The van der Waals surface area contributed by atoms with Crippen LogP contribution in [0.15, 0.2) is 66.9 Å². The van der Waals surface area contributed by atoms with Gasteiger partial charge in [-0.3, -0.25) is 19.2 Å². The first kappa shape index (κ1) is 64.8. The maximum Gasteiger partial charge on any atom is 0.417 e. The number of nitrogens with two attached hydrogens (primary N) is 1. The van der Waals surface area contributed by atoms with Crippen molar-refractivity contribution in [3.63, 3.8) is 0 Å². The lowest BCUT2D eigenvalue weighted by Crippen LogP contribution is -2.57. The van der Waals surface area contributed by atoms with Gasteiger partial charge in [0.05, 0.1) is 68.1 Å². The largest absolute Gasteiger partial charge is 0.493 e. The van der Waals surface area contributed by atoms with Gasteiger partial charge in [-0.1, -0.05) is 58.9 Å². The Bertz CT molecular complexity index is 3080. The van der Waals surface area contributed by atoms with Crippen LogP contribution in [0.5, 0.6) is 23.0 Å². The number of carboxylic acid groups (broad SMARTS) is 1. The first-order valence-electron chi connectivity index (χ1n) is 29.7. The third-order valence-electron chi connectivity index (χ3n) is 16.6. The van der Waals surface area contributed by atoms with Gasteiger partial charge in [-0.05, 0) is 139 Å². The second-order valence-corrected chi connectivity index (χ2v) is 30.3. The molecule has 23 heteroatoms. The van der Waals surface area contributed by atoms with Gasteiger partial charge in [0, 0.05) is 37.2 Å². The Labute approximate surface area is 505 Å². The van der Waals surface area contributed by atoms with Crippen LogP contribution in [0, 0.1) is 5.92 Å². The van der Waals surface area contributed by atoms with E-state index in [1.165, 1.54) is 31.3 Å². The Morgan fingerprint density at radius 2 is 1.40 bits per heavy atom. The Kier molecular flexibility index (Phi) is 19.9. The van der Waals surface area contributed by atoms with E-state index in [0.29, 0.717) is 55.9 Å². The summed E-state index contributed by atoms with van der Waals surface area (Å²) in [6.07, 6.45) is 1.76. The molecule has 3 unspecified atom stereocenters. The second kappa shape index (κ2) is 26.4. The van der Waals surface area contributed by atoms with Gasteiger partial charge in [0.25, 0.3) is 11.8 Å². The number of anilines is 3. The SMILES string of the molecule is C=C1C[C@H]2[C@H](OC3CCCCO3)N(C(=O)OC(C)(C)C)c3cc(OCCCCCOc4cc5c(cc4OC)C(=O)N4C=C(c6ccc(NC(=O)C(C)NC(=O)C(N)C(C)C)cc6)C[C@H]4[C@H](O[Si](C)(C)C(C)(C)C)N5C(=O)O)c(OC)cc3C(=O)N2C1. The summed E-state index contributed by atoms with van der Waals surface area (Å²) in [5.74, 6) is -0.679. The van der Waals surface area contributed by atoms with Crippen LogP contribution in [0.4, 0.5) is 26.7 Å². The van der Waals surface area contributed by atoms with E-state index in [4.69, 9.17) is 43.3 Å². The number of benzene rings is 3. The highest BCUT2D eigenvalue weighted by Gasteiger charge is 2.52. The third-order valence-corrected chi connectivity index (χ3v) is 21.1. The van der Waals surface area contributed by atoms with E-state index in [1.807, 2.05) is 39.1 Å². The highest BCUT2D eigenvalue weighted by atomic mass is 28.4. The molecular weight excluding hydrogens is 1120 g/mol. The second-order valence-electron chi connectivity index (χ2n) is 25.6. The fourth-order valence-electron chi connectivity index (χ4n) is 10.8. The third kappa shape index (κ3) is 14.3. The fourth-order valence-corrected chi connectivity index (χ4v) is 12.0. The number of unbranched alkanes of at least 4 members (excludes halogenated alkanes) is 2. The van der Waals surface area contributed by atoms with Crippen LogP contribution in [0.25, 0.3) is 5.57 Å². The molecule has 86 heavy (non-hydrogen) atoms. The number of hydrogen-bond acceptors (Lipinski definition) is 15. The summed E-state index contributed by atoms with van der Waals surface area (Å²) in [6, 6.07) is 10.4. The summed E-state index contributed by atoms with van der Waals surface area (Å²) in [5, 5.41) is 16.4. The van der Waals surface area contributed by atoms with E-state index in [9.17, 15) is 33.9 Å². The number of methoxy groups -OCH3 is 2. The van der Waals surface area contributed by atoms with Gasteiger partial charge in [-0.2, -0.15) is 0 Å². The van der Waals surface area contributed by atoms with E-state index in [0.717, 1.165) is 34.5 Å². The van der Waals surface area contributed by atoms with Gasteiger partial charge in [0.1, 0.15) is 11.6 Å². The molecule has 468 valence electrons. The van der Waals surface area contributed by atoms with Gasteiger partial charge >= 0.3 is 12.2 Å². The fraction of sp³-hybridized carbons (Fsp3) is 0.556. The van der Waals surface area contributed by atoms with Gasteiger partial charge in [0.15, 0.2) is 50.1 Å². The predicted molar refractivity (Wildman–Crippen MR) is 327 cm³/mol. The van der Waals surface area contributed by atoms with Gasteiger partial charge in [-0.15, -0.1) is 0 Å². The normalized spacial score (nSPS) is 21.3. The molecule has 3 aromatic carbocycles. The summed E-state index contributed by atoms with van der Waals surface area (Å²) in [4.78, 5) is 89.0. The van der Waals surface area contributed by atoms with Crippen molar-refractivity contribution in [2.45, 2.75) is 180 Å². The molecule has 5 N–H and O–H groups in total. The zero-order valence-electron chi connectivity index (χ0n) is 52.0. The Morgan fingerprint density at radius 3 is 1.94 bits per heavy atom. The van der Waals surface area contributed by atoms with E-state index in [2.05, 4.69) is 38.0 Å². The Balaban J connectivity index is 0.987. The van der Waals surface area contributed by atoms with E-state index < -0.39 is 86.7 Å². The van der Waals surface area contributed by atoms with Crippen LogP contribution in [0.1, 0.15) is 140 Å². The number of fused-ring (bicyclic) bond motifs is 4. The van der Waals surface area contributed by atoms with Crippen LogP contribution >= 0.6 is 0 Å². The van der Waals surface area contributed by atoms with Crippen LogP contribution in [-0.4, -0.2) is 148 Å². The van der Waals surface area contributed by atoms with Crippen molar-refractivity contribution in [1.82, 2.24) is 15.1 Å². The predicted octanol–water partition coefficient (Wildman–Crippen LogP) is 10.3. The van der Waals surface area contributed by atoms with Crippen LogP contribution in [-0.2, 0) is 28.2 Å². The Morgan fingerprint density at radius 1 is 0.791 bits per heavy atom. The highest BCUT2D eigenvalue weighted by Crippen LogP contribution is 2.48. The molecule has 0 bridgehead atoms. The summed E-state index contributed by atoms with van der Waals surface area (Å²) in [7, 11) is 0.172. The maximum atomic E-state index is 14.9. The van der Waals surface area contributed by atoms with Crippen molar-refractivity contribution in [2.24, 2.45) is 11.7 Å². The average molecular weight is 1210 g/mol. The van der Waals surface area contributed by atoms with Crippen molar-refractivity contribution in [3.05, 3.63) is 83.6 Å². The molecule has 0 spiro atoms. The van der Waals surface area contributed by atoms with Crippen LogP contribution < -0.4 is 45.1 Å². The number of ether oxygens (including phenoxy) is 7.